The van der Waals surface area contributed by atoms with Crippen LogP contribution in [0.2, 0.25) is 0 Å². The Kier molecular flexibility index (Phi) is 6.35. The zero-order valence-electron chi connectivity index (χ0n) is 15.4. The lowest BCUT2D eigenvalue weighted by atomic mass is 10.1. The maximum absolute atomic E-state index is 12.1. The van der Waals surface area contributed by atoms with Crippen LogP contribution in [0.1, 0.15) is 16.7 Å². The molecule has 3 aromatic rings. The monoisotopic (exact) mass is 375 g/mol. The summed E-state index contributed by atoms with van der Waals surface area (Å²) in [4.78, 5) is 16.5. The van der Waals surface area contributed by atoms with Gasteiger partial charge in [0.05, 0.1) is 18.0 Å². The van der Waals surface area contributed by atoms with Gasteiger partial charge in [0.25, 0.3) is 0 Å². The molecule has 136 valence electrons. The van der Waals surface area contributed by atoms with Crippen LogP contribution >= 0.6 is 11.8 Å². The van der Waals surface area contributed by atoms with Crippen LogP contribution in [0.3, 0.4) is 0 Å². The number of carbonyl (C=O) groups is 1. The van der Waals surface area contributed by atoms with E-state index in [-0.39, 0.29) is 5.91 Å². The zero-order chi connectivity index (χ0) is 19.1. The van der Waals surface area contributed by atoms with Crippen molar-refractivity contribution in [2.75, 3.05) is 12.3 Å². The Bertz CT molecular complexity index is 984. The Morgan fingerprint density at radius 2 is 2.00 bits per heavy atom. The lowest BCUT2D eigenvalue weighted by Crippen LogP contribution is -2.25. The van der Waals surface area contributed by atoms with Gasteiger partial charge in [0.15, 0.2) is 5.16 Å². The minimum Gasteiger partial charge on any atom is -0.344 e. The highest BCUT2D eigenvalue weighted by Crippen LogP contribution is 2.23. The number of aromatic nitrogens is 2. The molecule has 1 heterocycles. The molecule has 2 aromatic carbocycles. The minimum absolute atomic E-state index is 0.0575. The van der Waals surface area contributed by atoms with Crippen LogP contribution < -0.4 is 5.32 Å². The number of thioether (sulfide) groups is 1. The summed E-state index contributed by atoms with van der Waals surface area (Å²) in [6.45, 7) is 4.47. The van der Waals surface area contributed by atoms with E-state index in [1.165, 1.54) is 22.9 Å². The first-order valence-corrected chi connectivity index (χ1v) is 9.66. The summed E-state index contributed by atoms with van der Waals surface area (Å²) in [6.07, 6.45) is 3.68. The number of nitrogens with zero attached hydrogens (tertiary/aromatic N) is 2. The van der Waals surface area contributed by atoms with Gasteiger partial charge in [-0.1, -0.05) is 53.9 Å². The highest BCUT2D eigenvalue weighted by atomic mass is 32.2. The molecule has 0 aliphatic carbocycles. The number of amides is 1. The molecule has 4 nitrogen and oxygen atoms in total. The van der Waals surface area contributed by atoms with Crippen molar-refractivity contribution in [2.24, 2.45) is 0 Å². The topological polar surface area (TPSA) is 46.9 Å². The van der Waals surface area contributed by atoms with Crippen molar-refractivity contribution in [1.82, 2.24) is 14.9 Å². The van der Waals surface area contributed by atoms with Gasteiger partial charge >= 0.3 is 0 Å². The van der Waals surface area contributed by atoms with Crippen molar-refractivity contribution in [3.63, 3.8) is 0 Å². The predicted molar refractivity (Wildman–Crippen MR) is 110 cm³/mol. The third-order valence-corrected chi connectivity index (χ3v) is 4.91. The van der Waals surface area contributed by atoms with E-state index in [1.807, 2.05) is 41.1 Å². The maximum Gasteiger partial charge on any atom is 0.231 e. The summed E-state index contributed by atoms with van der Waals surface area (Å²) >= 11 is 1.42. The van der Waals surface area contributed by atoms with Crippen LogP contribution in [-0.4, -0.2) is 27.8 Å². The number of hydrogen-bond acceptors (Lipinski definition) is 3. The number of rotatable bonds is 5. The number of aryl methyl sites for hydroxylation is 2. The summed E-state index contributed by atoms with van der Waals surface area (Å²) in [5.74, 6) is 6.23. The van der Waals surface area contributed by atoms with Gasteiger partial charge in [0.1, 0.15) is 0 Å². The number of carbonyl (C=O) groups excluding carboxylic acids is 1. The van der Waals surface area contributed by atoms with E-state index in [2.05, 4.69) is 54.2 Å². The summed E-state index contributed by atoms with van der Waals surface area (Å²) in [7, 11) is 0. The molecule has 0 bridgehead atoms. The van der Waals surface area contributed by atoms with E-state index in [1.54, 1.807) is 6.20 Å². The lowest BCUT2D eigenvalue weighted by molar-refractivity contribution is -0.118. The van der Waals surface area contributed by atoms with Crippen LogP contribution in [-0.2, 0) is 4.79 Å². The average Bonchev–Trinajstić information content (AvgIpc) is 3.15. The molecule has 1 N–H and O–H groups in total. The van der Waals surface area contributed by atoms with Crippen molar-refractivity contribution < 1.29 is 4.79 Å². The first-order chi connectivity index (χ1) is 13.1. The lowest BCUT2D eigenvalue weighted by Gasteiger charge is -2.11. The van der Waals surface area contributed by atoms with Gasteiger partial charge in [-0.2, -0.15) is 0 Å². The second kappa shape index (κ2) is 9.11. The normalized spacial score (nSPS) is 10.1. The SMILES string of the molecule is Cc1ccc(C)c(-n2ccnc2SCC(=O)NCC#Cc2ccccc2)c1. The molecule has 0 radical (unpaired) electrons. The summed E-state index contributed by atoms with van der Waals surface area (Å²) in [5.41, 5.74) is 4.39. The molecule has 0 fully saturated rings. The van der Waals surface area contributed by atoms with Crippen LogP contribution in [0.4, 0.5) is 0 Å². The number of imidazole rings is 1. The Hall–Kier alpha value is -2.97. The molecule has 1 amide bonds. The second-order valence-corrected chi connectivity index (χ2v) is 7.05. The third kappa shape index (κ3) is 5.25. The molecule has 0 unspecified atom stereocenters. The van der Waals surface area contributed by atoms with Crippen molar-refractivity contribution in [1.29, 1.82) is 0 Å². The highest BCUT2D eigenvalue weighted by Gasteiger charge is 2.10. The number of nitrogens with one attached hydrogen (secondary N) is 1. The number of benzene rings is 2. The summed E-state index contributed by atoms with van der Waals surface area (Å²) in [5, 5.41) is 3.62. The van der Waals surface area contributed by atoms with Crippen LogP contribution in [0.25, 0.3) is 5.69 Å². The molecule has 0 aliphatic rings. The molecule has 1 aromatic heterocycles. The van der Waals surface area contributed by atoms with E-state index in [0.29, 0.717) is 12.3 Å². The van der Waals surface area contributed by atoms with Gasteiger partial charge in [-0.3, -0.25) is 9.36 Å². The van der Waals surface area contributed by atoms with Crippen LogP contribution in [0, 0.1) is 25.7 Å². The fourth-order valence-electron chi connectivity index (χ4n) is 2.55. The Labute approximate surface area is 164 Å². The quantitative estimate of drug-likeness (QED) is 0.546. The first-order valence-electron chi connectivity index (χ1n) is 8.68. The molecule has 5 heteroatoms. The fraction of sp³-hybridized carbons (Fsp3) is 0.182. The molecule has 0 spiro atoms. The molecule has 0 atom stereocenters. The van der Waals surface area contributed by atoms with E-state index in [0.717, 1.165) is 16.4 Å². The standard InChI is InChI=1S/C22H21N3OS/c1-17-10-11-18(2)20(15-17)25-14-13-24-22(25)27-16-21(26)23-12-6-9-19-7-4-3-5-8-19/h3-5,7-8,10-11,13-15H,12,16H2,1-2H3,(H,23,26). The van der Waals surface area contributed by atoms with Gasteiger partial charge in [0.2, 0.25) is 5.91 Å². The predicted octanol–water partition coefficient (Wildman–Crippen LogP) is 3.75. The van der Waals surface area contributed by atoms with Crippen molar-refractivity contribution >= 4 is 17.7 Å². The van der Waals surface area contributed by atoms with E-state index in [9.17, 15) is 4.79 Å². The smallest absolute Gasteiger partial charge is 0.231 e. The second-order valence-electron chi connectivity index (χ2n) is 6.10. The molecule has 0 saturated carbocycles. The summed E-state index contributed by atoms with van der Waals surface area (Å²) in [6, 6.07) is 16.0. The fourth-order valence-corrected chi connectivity index (χ4v) is 3.35. The van der Waals surface area contributed by atoms with Gasteiger partial charge < -0.3 is 5.32 Å². The Morgan fingerprint density at radius 3 is 2.81 bits per heavy atom. The van der Waals surface area contributed by atoms with E-state index < -0.39 is 0 Å². The summed E-state index contributed by atoms with van der Waals surface area (Å²) < 4.78 is 2.02. The molecular formula is C22H21N3OS. The molecule has 3 rings (SSSR count). The van der Waals surface area contributed by atoms with Crippen LogP contribution in [0.15, 0.2) is 66.1 Å². The Morgan fingerprint density at radius 1 is 1.19 bits per heavy atom. The van der Waals surface area contributed by atoms with Gasteiger partial charge in [-0.05, 0) is 43.2 Å². The van der Waals surface area contributed by atoms with Gasteiger partial charge in [-0.25, -0.2) is 4.98 Å². The maximum atomic E-state index is 12.1. The van der Waals surface area contributed by atoms with Gasteiger partial charge in [-0.15, -0.1) is 0 Å². The number of hydrogen-bond donors (Lipinski definition) is 1. The highest BCUT2D eigenvalue weighted by molar-refractivity contribution is 7.99. The van der Waals surface area contributed by atoms with Crippen molar-refractivity contribution in [3.05, 3.63) is 77.6 Å². The molecule has 0 aliphatic heterocycles. The van der Waals surface area contributed by atoms with Crippen molar-refractivity contribution in [2.45, 2.75) is 19.0 Å². The largest absolute Gasteiger partial charge is 0.344 e. The van der Waals surface area contributed by atoms with Crippen molar-refractivity contribution in [3.8, 4) is 17.5 Å². The van der Waals surface area contributed by atoms with E-state index >= 15 is 0 Å². The third-order valence-electron chi connectivity index (χ3n) is 3.94. The zero-order valence-corrected chi connectivity index (χ0v) is 16.2. The van der Waals surface area contributed by atoms with Gasteiger partial charge in [0, 0.05) is 18.0 Å². The minimum atomic E-state index is -0.0575. The average molecular weight is 375 g/mol. The Balaban J connectivity index is 1.55. The first kappa shape index (κ1) is 18.8. The van der Waals surface area contributed by atoms with Crippen LogP contribution in [0.5, 0.6) is 0 Å². The molecular weight excluding hydrogens is 354 g/mol. The molecule has 0 saturated heterocycles. The van der Waals surface area contributed by atoms with E-state index in [4.69, 9.17) is 0 Å². The molecule has 27 heavy (non-hydrogen) atoms.